The van der Waals surface area contributed by atoms with Crippen LogP contribution in [0, 0.1) is 20.8 Å². The molecule has 0 N–H and O–H groups in total. The largest absolute Gasteiger partial charge is 0.376 e. The molecule has 7 heterocycles. The maximum absolute atomic E-state index is 2.94. The smallest absolute Gasteiger partial charge is 0.333 e. The Balaban J connectivity index is 0.705. The van der Waals surface area contributed by atoms with E-state index >= 15 is 0 Å². The van der Waals surface area contributed by atoms with Crippen molar-refractivity contribution in [3.05, 3.63) is 308 Å². The van der Waals surface area contributed by atoms with E-state index in [4.69, 9.17) is 0 Å². The lowest BCUT2D eigenvalue weighted by molar-refractivity contribution is 0.195. The molecular formula is C108H110B2N4. The van der Waals surface area contributed by atoms with Gasteiger partial charge in [-0.05, 0) is 270 Å². The minimum atomic E-state index is -0.596. The summed E-state index contributed by atoms with van der Waals surface area (Å²) in [7, 11) is 0. The number of nitrogens with zero attached hydrogens (tertiary/aromatic N) is 4. The predicted molar refractivity (Wildman–Crippen MR) is 486 cm³/mol. The number of anilines is 8. The molecule has 0 saturated heterocycles. The molecule has 12 aromatic carbocycles. The second kappa shape index (κ2) is 24.1. The number of fused-ring (bicyclic) bond motifs is 16. The topological polar surface area (TPSA) is 13.0 Å². The third-order valence-corrected chi connectivity index (χ3v) is 31.0. The van der Waals surface area contributed by atoms with Gasteiger partial charge in [0.15, 0.2) is 0 Å². The molecule has 0 aromatic heterocycles. The van der Waals surface area contributed by atoms with E-state index in [2.05, 4.69) is 375 Å². The minimum absolute atomic E-state index is 0.0317. The highest BCUT2D eigenvalue weighted by atomic mass is 15.3. The van der Waals surface area contributed by atoms with Crippen molar-refractivity contribution in [2.45, 2.75) is 231 Å². The van der Waals surface area contributed by atoms with Gasteiger partial charge in [0.2, 0.25) is 0 Å². The van der Waals surface area contributed by atoms with Crippen LogP contribution in [0.25, 0.3) is 44.5 Å². The van der Waals surface area contributed by atoms with Crippen LogP contribution < -0.4 is 41.3 Å². The van der Waals surface area contributed by atoms with Gasteiger partial charge in [0.25, 0.3) is 0 Å². The first kappa shape index (κ1) is 71.7. The first-order valence-corrected chi connectivity index (χ1v) is 43.1. The summed E-state index contributed by atoms with van der Waals surface area (Å²) in [6.07, 6.45) is 10.5. The summed E-state index contributed by atoms with van der Waals surface area (Å²) in [5.41, 5.74) is 45.1. The molecule has 4 atom stereocenters. The van der Waals surface area contributed by atoms with Crippen LogP contribution in [0.15, 0.2) is 231 Å². The number of hydrogen-bond acceptors (Lipinski definition) is 4. The molecule has 568 valence electrons. The lowest BCUT2D eigenvalue weighted by atomic mass is 9.41. The van der Waals surface area contributed by atoms with E-state index < -0.39 is 5.41 Å². The lowest BCUT2D eigenvalue weighted by Gasteiger charge is -2.55. The summed E-state index contributed by atoms with van der Waals surface area (Å²) in [5.74, 6) is 0. The van der Waals surface area contributed by atoms with Crippen LogP contribution in [0.2, 0.25) is 0 Å². The summed E-state index contributed by atoms with van der Waals surface area (Å²) in [6.45, 7) is 44.2. The molecule has 12 aromatic rings. The van der Waals surface area contributed by atoms with Gasteiger partial charge in [-0.2, -0.15) is 0 Å². The van der Waals surface area contributed by atoms with Crippen molar-refractivity contribution in [2.75, 3.05) is 19.4 Å². The molecule has 9 aliphatic rings. The van der Waals surface area contributed by atoms with Crippen molar-refractivity contribution in [3.8, 4) is 44.5 Å². The van der Waals surface area contributed by atoms with Gasteiger partial charge in [-0.15, -0.1) is 0 Å². The van der Waals surface area contributed by atoms with E-state index in [1.54, 1.807) is 11.1 Å². The fourth-order valence-corrected chi connectivity index (χ4v) is 24.6. The second-order valence-corrected chi connectivity index (χ2v) is 40.9. The van der Waals surface area contributed by atoms with Crippen molar-refractivity contribution in [1.29, 1.82) is 0 Å². The highest BCUT2D eigenvalue weighted by Crippen LogP contribution is 2.67. The quantitative estimate of drug-likeness (QED) is 0.141. The number of para-hydroxylation sites is 2. The Morgan fingerprint density at radius 3 is 1.40 bits per heavy atom. The van der Waals surface area contributed by atoms with Crippen molar-refractivity contribution in [3.63, 3.8) is 0 Å². The van der Waals surface area contributed by atoms with E-state index in [-0.39, 0.29) is 57.3 Å². The zero-order valence-corrected chi connectivity index (χ0v) is 70.7. The molecule has 0 bridgehead atoms. The van der Waals surface area contributed by atoms with E-state index in [1.165, 1.54) is 217 Å². The van der Waals surface area contributed by atoms with Gasteiger partial charge in [-0.25, -0.2) is 0 Å². The molecule has 0 amide bonds. The third-order valence-electron chi connectivity index (χ3n) is 31.0. The van der Waals surface area contributed by atoms with Gasteiger partial charge in [0.1, 0.15) is 0 Å². The third kappa shape index (κ3) is 9.55. The first-order valence-electron chi connectivity index (χ1n) is 43.1. The van der Waals surface area contributed by atoms with E-state index in [9.17, 15) is 0 Å². The normalized spacial score (nSPS) is 21.5. The molecule has 4 nitrogen and oxygen atoms in total. The fraction of sp³-hybridized carbons (Fsp3) is 0.333. The molecule has 2 fully saturated rings. The maximum Gasteiger partial charge on any atom is 0.333 e. The van der Waals surface area contributed by atoms with Gasteiger partial charge >= 0.3 is 13.7 Å². The first-order chi connectivity index (χ1) is 54.4. The minimum Gasteiger partial charge on any atom is -0.376 e. The average molecular weight is 1490 g/mol. The van der Waals surface area contributed by atoms with Gasteiger partial charge in [0.05, 0.1) is 16.5 Å². The Labute approximate surface area is 680 Å². The number of hydrogen-bond donors (Lipinski definition) is 0. The molecular weight excluding hydrogens is 1370 g/mol. The highest BCUT2D eigenvalue weighted by Gasteiger charge is 2.65. The summed E-state index contributed by atoms with van der Waals surface area (Å²) in [6, 6.07) is 92.8. The Morgan fingerprint density at radius 2 is 0.833 bits per heavy atom. The number of benzene rings is 12. The summed E-state index contributed by atoms with van der Waals surface area (Å²) in [5, 5.41) is 0. The Morgan fingerprint density at radius 1 is 0.342 bits per heavy atom. The van der Waals surface area contributed by atoms with Crippen LogP contribution in [0.4, 0.5) is 45.5 Å². The van der Waals surface area contributed by atoms with Gasteiger partial charge < -0.3 is 19.4 Å². The molecule has 2 aliphatic carbocycles. The highest BCUT2D eigenvalue weighted by molar-refractivity contribution is 6.94. The van der Waals surface area contributed by atoms with Crippen LogP contribution >= 0.6 is 0 Å². The fourth-order valence-electron chi connectivity index (χ4n) is 24.6. The van der Waals surface area contributed by atoms with Crippen LogP contribution in [0.3, 0.4) is 0 Å². The lowest BCUT2D eigenvalue weighted by Crippen LogP contribution is -2.65. The molecule has 4 unspecified atom stereocenters. The van der Waals surface area contributed by atoms with Gasteiger partial charge in [-0.1, -0.05) is 298 Å². The van der Waals surface area contributed by atoms with Crippen LogP contribution in [-0.4, -0.2) is 24.8 Å². The monoisotopic (exact) mass is 1480 g/mol. The summed E-state index contributed by atoms with van der Waals surface area (Å²) < 4.78 is 0. The number of aryl methyl sites for hydroxylation is 3. The molecule has 114 heavy (non-hydrogen) atoms. The Kier molecular flexibility index (Phi) is 15.1. The molecule has 0 spiro atoms. The molecule has 2 saturated carbocycles. The molecule has 6 heteroatoms. The number of rotatable bonds is 8. The standard InChI is InChI=1S/C108H110B2N4/c1-66-33-31-34-67(2)94(66)71-57-82-80-50-46-75(100(4,5)6)64-91(80)113(109-88-62-76(101(7,8)9)60-86-98(88)112(93(59-71)95(82)109)107(18)54-30-28-51-104(86,107)15)78-47-44-72(45-48-78)103(13,14)65-69-43-49-79(68(3)55-69)70-56-83-81-39-32-41-85-97(81)114(90-42-26-25-40-84(90)108(85,73-35-21-19-22-36-73)74-37-23-20-24-38-74)110-89-63-77(102(10,11)12)61-87-99(89)111(92(58-70)96(83)110)106(17)53-29-27-52-105(87,106)16/h19-26,31-50,55-64H,27-30,51-54,65H2,1-18H3. The molecule has 0 radical (unpaired) electrons. The Hall–Kier alpha value is -10.0. The van der Waals surface area contributed by atoms with Crippen molar-refractivity contribution in [2.24, 2.45) is 0 Å². The van der Waals surface area contributed by atoms with E-state index in [0.717, 1.165) is 19.3 Å². The average Bonchev–Trinajstić information content (AvgIpc) is 1.36. The van der Waals surface area contributed by atoms with Crippen molar-refractivity contribution >= 4 is 81.0 Å². The van der Waals surface area contributed by atoms with Gasteiger partial charge in [0, 0.05) is 67.5 Å². The Bertz CT molecular complexity index is 6040. The SMILES string of the molecule is Cc1cc(CC(C)(C)c2ccc(N3B4c5cc(C(C)(C)C)cc6c5N(c5cc(-c7c(C)cccc7C)cc(c54)-c4ccc(C(C)(C)C)cc43)C3(C)CCCCC63C)cc2)ccc1-c1cc2c3c(c1)N1c4c(cc(C(C)(C)C)cc4C4(C)CCCCC14C)B3N1c3ccccc3C(c3ccccc3)(c3ccccc3)c3cccc-2c31. The van der Waals surface area contributed by atoms with E-state index in [0.29, 0.717) is 0 Å². The van der Waals surface area contributed by atoms with Gasteiger partial charge in [-0.3, -0.25) is 0 Å². The van der Waals surface area contributed by atoms with E-state index in [1.807, 2.05) is 0 Å². The molecule has 21 rings (SSSR count). The molecule has 7 aliphatic heterocycles. The zero-order valence-electron chi connectivity index (χ0n) is 70.7. The zero-order chi connectivity index (χ0) is 78.8. The van der Waals surface area contributed by atoms with Crippen molar-refractivity contribution < 1.29 is 0 Å². The summed E-state index contributed by atoms with van der Waals surface area (Å²) >= 11 is 0. The maximum atomic E-state index is 2.94. The van der Waals surface area contributed by atoms with Crippen molar-refractivity contribution in [1.82, 2.24) is 0 Å². The summed E-state index contributed by atoms with van der Waals surface area (Å²) in [4.78, 5) is 11.5. The van der Waals surface area contributed by atoms with Crippen LogP contribution in [0.1, 0.15) is 233 Å². The van der Waals surface area contributed by atoms with Crippen LogP contribution in [-0.2, 0) is 44.3 Å². The predicted octanol–water partition coefficient (Wildman–Crippen LogP) is 25.0. The second-order valence-electron chi connectivity index (χ2n) is 40.9. The van der Waals surface area contributed by atoms with Crippen LogP contribution in [0.5, 0.6) is 0 Å².